The third kappa shape index (κ3) is 11.7. The van der Waals surface area contributed by atoms with E-state index in [0.29, 0.717) is 26.2 Å². The summed E-state index contributed by atoms with van der Waals surface area (Å²) in [5.74, 6) is 0. The standard InChI is InChI=1S/C12H24BNO3/c1-3-10-15-13(16-11-4-2)17-12-8-6-5-7-9-14/h3-8,10-12H2,1-2H3. The molecule has 0 aromatic carbocycles. The fourth-order valence-electron chi connectivity index (χ4n) is 1.23. The van der Waals surface area contributed by atoms with Gasteiger partial charge < -0.3 is 14.0 Å². The van der Waals surface area contributed by atoms with Crippen molar-refractivity contribution in [3.05, 3.63) is 0 Å². The van der Waals surface area contributed by atoms with Gasteiger partial charge in [-0.2, -0.15) is 5.26 Å². The summed E-state index contributed by atoms with van der Waals surface area (Å²) in [4.78, 5) is 0. The van der Waals surface area contributed by atoms with E-state index in [1.807, 2.05) is 0 Å². The van der Waals surface area contributed by atoms with Gasteiger partial charge in [0.15, 0.2) is 0 Å². The molecule has 0 amide bonds. The van der Waals surface area contributed by atoms with Crippen LogP contribution in [0.15, 0.2) is 0 Å². The third-order valence-corrected chi connectivity index (χ3v) is 2.10. The molecule has 0 aromatic rings. The topological polar surface area (TPSA) is 51.5 Å². The molecule has 0 N–H and O–H groups in total. The number of nitrogens with zero attached hydrogens (tertiary/aromatic N) is 1. The summed E-state index contributed by atoms with van der Waals surface area (Å²) in [6.07, 6.45) is 5.44. The van der Waals surface area contributed by atoms with Crippen LogP contribution in [0.25, 0.3) is 0 Å². The molecule has 0 saturated heterocycles. The molecule has 17 heavy (non-hydrogen) atoms. The fraction of sp³-hybridized carbons (Fsp3) is 0.917. The molecule has 0 aliphatic rings. The van der Waals surface area contributed by atoms with E-state index in [0.717, 1.165) is 32.1 Å². The molecule has 0 saturated carbocycles. The minimum Gasteiger partial charge on any atom is -0.386 e. The second-order valence-electron chi connectivity index (χ2n) is 3.87. The molecule has 0 aliphatic carbocycles. The van der Waals surface area contributed by atoms with Crippen molar-refractivity contribution < 1.29 is 14.0 Å². The molecule has 0 rings (SSSR count). The molecule has 0 radical (unpaired) electrons. The zero-order chi connectivity index (χ0) is 12.8. The Labute approximate surface area is 105 Å². The predicted octanol–water partition coefficient (Wildman–Crippen LogP) is 2.93. The van der Waals surface area contributed by atoms with Crippen molar-refractivity contribution in [3.8, 4) is 6.07 Å². The van der Waals surface area contributed by atoms with Gasteiger partial charge >= 0.3 is 7.32 Å². The summed E-state index contributed by atoms with van der Waals surface area (Å²) in [5.41, 5.74) is 0. The summed E-state index contributed by atoms with van der Waals surface area (Å²) in [6, 6.07) is 2.13. The van der Waals surface area contributed by atoms with Crippen LogP contribution in [0.4, 0.5) is 0 Å². The van der Waals surface area contributed by atoms with Crippen LogP contribution in [0, 0.1) is 11.3 Å². The zero-order valence-electron chi connectivity index (χ0n) is 11.1. The summed E-state index contributed by atoms with van der Waals surface area (Å²) in [7, 11) is -0.522. The van der Waals surface area contributed by atoms with E-state index < -0.39 is 7.32 Å². The van der Waals surface area contributed by atoms with Gasteiger partial charge in [0.2, 0.25) is 0 Å². The van der Waals surface area contributed by atoms with Crippen LogP contribution < -0.4 is 0 Å². The van der Waals surface area contributed by atoms with Crippen LogP contribution >= 0.6 is 0 Å². The van der Waals surface area contributed by atoms with E-state index in [4.69, 9.17) is 19.2 Å². The second-order valence-corrected chi connectivity index (χ2v) is 3.87. The average molecular weight is 241 g/mol. The minimum atomic E-state index is -0.522. The Morgan fingerprint density at radius 2 is 1.47 bits per heavy atom. The molecule has 4 nitrogen and oxygen atoms in total. The Bertz CT molecular complexity index is 189. The molecular formula is C12H24BNO3. The van der Waals surface area contributed by atoms with Gasteiger partial charge in [0.05, 0.1) is 6.07 Å². The van der Waals surface area contributed by atoms with E-state index in [2.05, 4.69) is 19.9 Å². The average Bonchev–Trinajstić information content (AvgIpc) is 2.35. The molecule has 0 fully saturated rings. The van der Waals surface area contributed by atoms with Crippen LogP contribution in [0.2, 0.25) is 0 Å². The molecule has 0 spiro atoms. The summed E-state index contributed by atoms with van der Waals surface area (Å²) < 4.78 is 16.3. The largest absolute Gasteiger partial charge is 0.639 e. The first-order valence-corrected chi connectivity index (χ1v) is 6.56. The maximum Gasteiger partial charge on any atom is 0.639 e. The molecule has 5 heteroatoms. The van der Waals surface area contributed by atoms with Crippen molar-refractivity contribution in [2.75, 3.05) is 19.8 Å². The maximum absolute atomic E-state index is 8.38. The Hall–Kier alpha value is -0.565. The first kappa shape index (κ1) is 16.4. The van der Waals surface area contributed by atoms with Crippen molar-refractivity contribution in [1.82, 2.24) is 0 Å². The number of hydrogen-bond acceptors (Lipinski definition) is 4. The fourth-order valence-corrected chi connectivity index (χ4v) is 1.23. The van der Waals surface area contributed by atoms with Gasteiger partial charge in [0.1, 0.15) is 0 Å². The van der Waals surface area contributed by atoms with Crippen molar-refractivity contribution in [3.63, 3.8) is 0 Å². The summed E-state index contributed by atoms with van der Waals surface area (Å²) >= 11 is 0. The number of rotatable bonds is 12. The highest BCUT2D eigenvalue weighted by Gasteiger charge is 2.19. The van der Waals surface area contributed by atoms with Crippen molar-refractivity contribution in [2.24, 2.45) is 0 Å². The normalized spacial score (nSPS) is 10.2. The first-order chi connectivity index (χ1) is 8.35. The lowest BCUT2D eigenvalue weighted by molar-refractivity contribution is 0.0918. The van der Waals surface area contributed by atoms with Crippen molar-refractivity contribution in [1.29, 1.82) is 5.26 Å². The smallest absolute Gasteiger partial charge is 0.386 e. The third-order valence-electron chi connectivity index (χ3n) is 2.10. The highest BCUT2D eigenvalue weighted by Crippen LogP contribution is 2.02. The van der Waals surface area contributed by atoms with Crippen LogP contribution in [0.3, 0.4) is 0 Å². The van der Waals surface area contributed by atoms with Gasteiger partial charge in [0.25, 0.3) is 0 Å². The molecule has 0 aliphatic heterocycles. The lowest BCUT2D eigenvalue weighted by Crippen LogP contribution is -2.28. The van der Waals surface area contributed by atoms with Crippen molar-refractivity contribution >= 4 is 7.32 Å². The summed E-state index contributed by atoms with van der Waals surface area (Å²) in [5, 5.41) is 8.38. The van der Waals surface area contributed by atoms with Crippen molar-refractivity contribution in [2.45, 2.75) is 52.4 Å². The molecule has 0 atom stereocenters. The van der Waals surface area contributed by atoms with Gasteiger partial charge in [-0.25, -0.2) is 0 Å². The predicted molar refractivity (Wildman–Crippen MR) is 68.3 cm³/mol. The number of hydrogen-bond donors (Lipinski definition) is 0. The van der Waals surface area contributed by atoms with E-state index in [1.54, 1.807) is 0 Å². The van der Waals surface area contributed by atoms with E-state index in [9.17, 15) is 0 Å². The van der Waals surface area contributed by atoms with Gasteiger partial charge in [-0.3, -0.25) is 0 Å². The molecule has 0 heterocycles. The van der Waals surface area contributed by atoms with Gasteiger partial charge in [0, 0.05) is 26.2 Å². The number of unbranched alkanes of at least 4 members (excludes halogenated alkanes) is 3. The summed E-state index contributed by atoms with van der Waals surface area (Å²) in [6.45, 7) is 6.05. The van der Waals surface area contributed by atoms with Crippen LogP contribution in [0.5, 0.6) is 0 Å². The Morgan fingerprint density at radius 1 is 0.882 bits per heavy atom. The molecule has 98 valence electrons. The van der Waals surface area contributed by atoms with Crippen LogP contribution in [-0.4, -0.2) is 27.1 Å². The lowest BCUT2D eigenvalue weighted by atomic mass is 10.2. The van der Waals surface area contributed by atoms with E-state index in [1.165, 1.54) is 0 Å². The minimum absolute atomic E-state index is 0.522. The van der Waals surface area contributed by atoms with Gasteiger partial charge in [-0.05, 0) is 25.7 Å². The Morgan fingerprint density at radius 3 is 2.00 bits per heavy atom. The van der Waals surface area contributed by atoms with E-state index in [-0.39, 0.29) is 0 Å². The molecule has 0 unspecified atom stereocenters. The Balaban J connectivity index is 3.49. The highest BCUT2D eigenvalue weighted by molar-refractivity contribution is 6.36. The van der Waals surface area contributed by atoms with Gasteiger partial charge in [-0.1, -0.05) is 20.3 Å². The Kier molecular flexibility index (Phi) is 13.1. The second kappa shape index (κ2) is 13.5. The zero-order valence-corrected chi connectivity index (χ0v) is 11.1. The molecular weight excluding hydrogens is 217 g/mol. The van der Waals surface area contributed by atoms with Gasteiger partial charge in [-0.15, -0.1) is 0 Å². The maximum atomic E-state index is 8.38. The number of nitriles is 1. The molecule has 0 bridgehead atoms. The van der Waals surface area contributed by atoms with Crippen LogP contribution in [0.1, 0.15) is 52.4 Å². The van der Waals surface area contributed by atoms with E-state index >= 15 is 0 Å². The lowest BCUT2D eigenvalue weighted by Gasteiger charge is -2.13. The highest BCUT2D eigenvalue weighted by atomic mass is 16.7. The monoisotopic (exact) mass is 241 g/mol. The van der Waals surface area contributed by atoms with Crippen LogP contribution in [-0.2, 0) is 14.0 Å². The SMILES string of the molecule is CCCOB(OCCC)OCCCCCC#N. The quantitative estimate of drug-likeness (QED) is 0.389. The molecule has 0 aromatic heterocycles. The first-order valence-electron chi connectivity index (χ1n) is 6.56.